The Balaban J connectivity index is 2.84. The Morgan fingerprint density at radius 2 is 2.00 bits per heavy atom. The maximum absolute atomic E-state index is 11.7. The van der Waals surface area contributed by atoms with Gasteiger partial charge in [0, 0.05) is 24.8 Å². The molecule has 0 aliphatic carbocycles. The summed E-state index contributed by atoms with van der Waals surface area (Å²) in [7, 11) is -0.819. The van der Waals surface area contributed by atoms with E-state index in [1.54, 1.807) is 18.2 Å². The van der Waals surface area contributed by atoms with Crippen molar-refractivity contribution in [3.05, 3.63) is 34.9 Å². The molecule has 0 unspecified atom stereocenters. The van der Waals surface area contributed by atoms with E-state index >= 15 is 0 Å². The summed E-state index contributed by atoms with van der Waals surface area (Å²) in [6.07, 6.45) is -0.291. The van der Waals surface area contributed by atoms with Crippen LogP contribution in [0.5, 0.6) is 0 Å². The normalized spacial score (nSPS) is 11.4. The second-order valence-corrected chi connectivity index (χ2v) is 5.77. The molecule has 0 radical (unpaired) electrons. The predicted molar refractivity (Wildman–Crippen MR) is 62.3 cm³/mol. The van der Waals surface area contributed by atoms with E-state index in [1.807, 2.05) is 0 Å². The number of hydrogen-bond donors (Lipinski definition) is 0. The van der Waals surface area contributed by atoms with Crippen molar-refractivity contribution in [1.82, 2.24) is 0 Å². The first-order valence-corrected chi connectivity index (χ1v) is 6.60. The van der Waals surface area contributed by atoms with Crippen molar-refractivity contribution in [2.45, 2.75) is 0 Å². The summed E-state index contributed by atoms with van der Waals surface area (Å²) in [6.45, 7) is 0. The average Bonchev–Trinajstić information content (AvgIpc) is 2.29. The van der Waals surface area contributed by atoms with E-state index in [1.165, 1.54) is 20.3 Å². The van der Waals surface area contributed by atoms with Crippen LogP contribution in [0.1, 0.15) is 10.4 Å². The Hall–Kier alpha value is -0.670. The number of halogens is 1. The molecule has 0 spiro atoms. The molecule has 1 aromatic carbocycles. The Morgan fingerprint density at radius 3 is 2.50 bits per heavy atom. The summed E-state index contributed by atoms with van der Waals surface area (Å²) >= 11 is 5.74. The molecule has 0 aliphatic heterocycles. The van der Waals surface area contributed by atoms with Crippen molar-refractivity contribution < 1.29 is 18.4 Å². The highest BCUT2D eigenvalue weighted by atomic mass is 35.5. The fourth-order valence-corrected chi connectivity index (χ4v) is 2.26. The molecule has 16 heavy (non-hydrogen) atoms. The number of ketones is 1. The third kappa shape index (κ3) is 3.42. The first-order chi connectivity index (χ1) is 7.50. The highest BCUT2D eigenvalue weighted by Gasteiger charge is 2.26. The van der Waals surface area contributed by atoms with Crippen molar-refractivity contribution in [2.75, 3.05) is 20.4 Å². The second kappa shape index (κ2) is 5.60. The van der Waals surface area contributed by atoms with Gasteiger partial charge in [-0.05, 0) is 12.1 Å². The summed E-state index contributed by atoms with van der Waals surface area (Å²) in [4.78, 5) is 11.7. The van der Waals surface area contributed by atoms with Crippen molar-refractivity contribution >= 4 is 25.0 Å². The molecular formula is C10H12ClO4P. The van der Waals surface area contributed by atoms with Gasteiger partial charge in [0.2, 0.25) is 0 Å². The molecule has 0 amide bonds. The number of Topliss-reactive ketones (excluding diaryl/α,β-unsaturated/α-hetero) is 1. The van der Waals surface area contributed by atoms with Crippen molar-refractivity contribution in [2.24, 2.45) is 0 Å². The third-order valence-electron chi connectivity index (χ3n) is 2.04. The lowest BCUT2D eigenvalue weighted by Gasteiger charge is -2.12. The van der Waals surface area contributed by atoms with Crippen LogP contribution in [0.3, 0.4) is 0 Å². The van der Waals surface area contributed by atoms with Crippen LogP contribution in [0, 0.1) is 0 Å². The summed E-state index contributed by atoms with van der Waals surface area (Å²) in [6, 6.07) is 6.42. The van der Waals surface area contributed by atoms with Crippen molar-refractivity contribution in [3.8, 4) is 0 Å². The highest BCUT2D eigenvalue weighted by Crippen LogP contribution is 2.46. The molecule has 0 saturated heterocycles. The van der Waals surface area contributed by atoms with Crippen LogP contribution in [-0.4, -0.2) is 26.2 Å². The van der Waals surface area contributed by atoms with Gasteiger partial charge in [-0.1, -0.05) is 23.7 Å². The van der Waals surface area contributed by atoms with Crippen LogP contribution < -0.4 is 0 Å². The van der Waals surface area contributed by atoms with Gasteiger partial charge in [-0.3, -0.25) is 9.36 Å². The van der Waals surface area contributed by atoms with E-state index in [0.29, 0.717) is 10.6 Å². The second-order valence-electron chi connectivity index (χ2n) is 3.07. The number of rotatable bonds is 5. The van der Waals surface area contributed by atoms with Crippen LogP contribution in [0.2, 0.25) is 5.02 Å². The SMILES string of the molecule is COP(=O)(CC(=O)c1cccc(Cl)c1)OC. The number of benzene rings is 1. The molecule has 0 aromatic heterocycles. The van der Waals surface area contributed by atoms with Crippen LogP contribution in [-0.2, 0) is 13.6 Å². The van der Waals surface area contributed by atoms with Gasteiger partial charge in [0.25, 0.3) is 0 Å². The Labute approximate surface area is 99.0 Å². The monoisotopic (exact) mass is 262 g/mol. The zero-order valence-electron chi connectivity index (χ0n) is 8.97. The largest absolute Gasteiger partial charge is 0.337 e. The van der Waals surface area contributed by atoms with Gasteiger partial charge in [-0.15, -0.1) is 0 Å². The summed E-state index contributed by atoms with van der Waals surface area (Å²) in [5.41, 5.74) is 0.391. The summed E-state index contributed by atoms with van der Waals surface area (Å²) in [5, 5.41) is 0.454. The quantitative estimate of drug-likeness (QED) is 0.605. The molecule has 6 heteroatoms. The first kappa shape index (κ1) is 13.4. The average molecular weight is 263 g/mol. The lowest BCUT2D eigenvalue weighted by Crippen LogP contribution is -2.08. The molecule has 0 aliphatic rings. The molecule has 0 heterocycles. The molecule has 1 rings (SSSR count). The minimum absolute atomic E-state index is 0.291. The number of hydrogen-bond acceptors (Lipinski definition) is 4. The molecular weight excluding hydrogens is 251 g/mol. The zero-order valence-corrected chi connectivity index (χ0v) is 10.6. The smallest absolute Gasteiger partial charge is 0.312 e. The van der Waals surface area contributed by atoms with Gasteiger partial charge < -0.3 is 9.05 Å². The Morgan fingerprint density at radius 1 is 1.38 bits per heavy atom. The van der Waals surface area contributed by atoms with Gasteiger partial charge in [0.05, 0.1) is 0 Å². The molecule has 0 fully saturated rings. The van der Waals surface area contributed by atoms with Crippen LogP contribution in [0.4, 0.5) is 0 Å². The van der Waals surface area contributed by atoms with E-state index < -0.39 is 7.60 Å². The van der Waals surface area contributed by atoms with E-state index in [-0.39, 0.29) is 11.9 Å². The zero-order chi connectivity index (χ0) is 12.2. The van der Waals surface area contributed by atoms with E-state index in [9.17, 15) is 9.36 Å². The Bertz CT molecular complexity index is 425. The van der Waals surface area contributed by atoms with Crippen molar-refractivity contribution in [3.63, 3.8) is 0 Å². The van der Waals surface area contributed by atoms with Gasteiger partial charge >= 0.3 is 7.60 Å². The molecule has 88 valence electrons. The molecule has 0 saturated carbocycles. The molecule has 4 nitrogen and oxygen atoms in total. The molecule has 0 atom stereocenters. The third-order valence-corrected chi connectivity index (χ3v) is 4.06. The maximum Gasteiger partial charge on any atom is 0.337 e. The van der Waals surface area contributed by atoms with E-state index in [4.69, 9.17) is 11.6 Å². The van der Waals surface area contributed by atoms with E-state index in [0.717, 1.165) is 0 Å². The maximum atomic E-state index is 11.7. The predicted octanol–water partition coefficient (Wildman–Crippen LogP) is 3.01. The Kier molecular flexibility index (Phi) is 4.69. The molecule has 0 bridgehead atoms. The number of carbonyl (C=O) groups is 1. The van der Waals surface area contributed by atoms with Crippen LogP contribution >= 0.6 is 19.2 Å². The molecule has 0 N–H and O–H groups in total. The highest BCUT2D eigenvalue weighted by molar-refractivity contribution is 7.54. The summed E-state index contributed by atoms with van der Waals surface area (Å²) in [5.74, 6) is -0.325. The topological polar surface area (TPSA) is 52.6 Å². The number of carbonyl (C=O) groups excluding carboxylic acids is 1. The standard InChI is InChI=1S/C10H12ClO4P/c1-14-16(13,15-2)7-10(12)8-4-3-5-9(11)6-8/h3-6H,7H2,1-2H3. The lowest BCUT2D eigenvalue weighted by molar-refractivity contribution is 0.101. The lowest BCUT2D eigenvalue weighted by atomic mass is 10.1. The van der Waals surface area contributed by atoms with Gasteiger partial charge in [0.15, 0.2) is 5.78 Å². The van der Waals surface area contributed by atoms with Gasteiger partial charge in [-0.2, -0.15) is 0 Å². The van der Waals surface area contributed by atoms with Crippen molar-refractivity contribution in [1.29, 1.82) is 0 Å². The fraction of sp³-hybridized carbons (Fsp3) is 0.300. The summed E-state index contributed by atoms with van der Waals surface area (Å²) < 4.78 is 21.1. The molecule has 1 aromatic rings. The first-order valence-electron chi connectivity index (χ1n) is 4.50. The van der Waals surface area contributed by atoms with Gasteiger partial charge in [-0.25, -0.2) is 0 Å². The fourth-order valence-electron chi connectivity index (χ4n) is 1.13. The van der Waals surface area contributed by atoms with Crippen LogP contribution in [0.25, 0.3) is 0 Å². The minimum atomic E-state index is -3.31. The van der Waals surface area contributed by atoms with E-state index in [2.05, 4.69) is 9.05 Å². The van der Waals surface area contributed by atoms with Crippen LogP contribution in [0.15, 0.2) is 24.3 Å². The minimum Gasteiger partial charge on any atom is -0.312 e. The van der Waals surface area contributed by atoms with Gasteiger partial charge in [0.1, 0.15) is 6.16 Å².